The van der Waals surface area contributed by atoms with Gasteiger partial charge >= 0.3 is 0 Å². The summed E-state index contributed by atoms with van der Waals surface area (Å²) in [6, 6.07) is 5.11. The number of benzene rings is 1. The summed E-state index contributed by atoms with van der Waals surface area (Å²) in [7, 11) is -3.72. The Bertz CT molecular complexity index is 900. The normalized spacial score (nSPS) is 11.0. The molecule has 0 aliphatic rings. The Labute approximate surface area is 151 Å². The largest absolute Gasteiger partial charge is 0.289 e. The van der Waals surface area contributed by atoms with Crippen molar-refractivity contribution in [1.29, 1.82) is 0 Å². The predicted octanol–water partition coefficient (Wildman–Crippen LogP) is 0.223. The van der Waals surface area contributed by atoms with Gasteiger partial charge in [0.15, 0.2) is 0 Å². The van der Waals surface area contributed by atoms with Crippen LogP contribution in [0.4, 0.5) is 0 Å². The van der Waals surface area contributed by atoms with Crippen LogP contribution in [-0.2, 0) is 14.8 Å². The SMILES string of the molecule is Cc1ccc(C)c(S(=O)(=O)NCCC(=O)NNC(=O)c2cnccn2)c1. The van der Waals surface area contributed by atoms with Gasteiger partial charge in [0.05, 0.1) is 11.1 Å². The molecule has 0 spiro atoms. The molecule has 9 nitrogen and oxygen atoms in total. The number of amides is 2. The lowest BCUT2D eigenvalue weighted by atomic mass is 10.2. The van der Waals surface area contributed by atoms with Gasteiger partial charge in [-0.25, -0.2) is 18.1 Å². The van der Waals surface area contributed by atoms with Crippen LogP contribution in [0.2, 0.25) is 0 Å². The van der Waals surface area contributed by atoms with Crippen LogP contribution in [0, 0.1) is 13.8 Å². The van der Waals surface area contributed by atoms with Gasteiger partial charge in [-0.1, -0.05) is 12.1 Å². The van der Waals surface area contributed by atoms with Crippen molar-refractivity contribution in [2.24, 2.45) is 0 Å². The van der Waals surface area contributed by atoms with Crippen molar-refractivity contribution in [1.82, 2.24) is 25.5 Å². The van der Waals surface area contributed by atoms with E-state index in [1.165, 1.54) is 18.6 Å². The maximum Gasteiger partial charge on any atom is 0.289 e. The maximum atomic E-state index is 12.3. The topological polar surface area (TPSA) is 130 Å². The van der Waals surface area contributed by atoms with Crippen molar-refractivity contribution >= 4 is 21.8 Å². The number of aryl methyl sites for hydroxylation is 2. The maximum absolute atomic E-state index is 12.3. The summed E-state index contributed by atoms with van der Waals surface area (Å²) in [6.07, 6.45) is 3.86. The molecule has 2 rings (SSSR count). The number of hydrogen-bond acceptors (Lipinski definition) is 6. The quantitative estimate of drug-likeness (QED) is 0.618. The Morgan fingerprint density at radius 1 is 1.12 bits per heavy atom. The van der Waals surface area contributed by atoms with E-state index >= 15 is 0 Å². The van der Waals surface area contributed by atoms with Crippen LogP contribution in [0.3, 0.4) is 0 Å². The van der Waals surface area contributed by atoms with E-state index in [2.05, 4.69) is 25.5 Å². The van der Waals surface area contributed by atoms with E-state index in [-0.39, 0.29) is 23.6 Å². The number of hydrogen-bond donors (Lipinski definition) is 3. The number of nitrogens with one attached hydrogen (secondary N) is 3. The van der Waals surface area contributed by atoms with Gasteiger partial charge in [0, 0.05) is 25.4 Å². The summed E-state index contributed by atoms with van der Waals surface area (Å²) in [5, 5.41) is 0. The van der Waals surface area contributed by atoms with Gasteiger partial charge in [0.1, 0.15) is 5.69 Å². The van der Waals surface area contributed by atoms with Crippen LogP contribution < -0.4 is 15.6 Å². The van der Waals surface area contributed by atoms with Gasteiger partial charge in [-0.2, -0.15) is 0 Å². The summed E-state index contributed by atoms with van der Waals surface area (Å²) in [6.45, 7) is 3.39. The zero-order valence-electron chi connectivity index (χ0n) is 14.3. The summed E-state index contributed by atoms with van der Waals surface area (Å²) < 4.78 is 27.0. The molecule has 10 heteroatoms. The Morgan fingerprint density at radius 3 is 2.58 bits per heavy atom. The standard InChI is InChI=1S/C16H19N5O4S/c1-11-3-4-12(2)14(9-11)26(24,25)19-6-5-15(22)20-21-16(23)13-10-17-7-8-18-13/h3-4,7-10,19H,5-6H2,1-2H3,(H,20,22)(H,21,23). The van der Waals surface area contributed by atoms with Crippen molar-refractivity contribution in [2.45, 2.75) is 25.2 Å². The van der Waals surface area contributed by atoms with E-state index in [4.69, 9.17) is 0 Å². The molecular formula is C16H19N5O4S. The number of rotatable bonds is 6. The Hall–Kier alpha value is -2.85. The average molecular weight is 377 g/mol. The first kappa shape index (κ1) is 19.5. The highest BCUT2D eigenvalue weighted by Crippen LogP contribution is 2.16. The number of carbonyl (C=O) groups excluding carboxylic acids is 2. The van der Waals surface area contributed by atoms with Crippen LogP contribution in [0.5, 0.6) is 0 Å². The molecule has 3 N–H and O–H groups in total. The van der Waals surface area contributed by atoms with E-state index < -0.39 is 21.8 Å². The van der Waals surface area contributed by atoms with Gasteiger partial charge in [-0.15, -0.1) is 0 Å². The van der Waals surface area contributed by atoms with Crippen molar-refractivity contribution in [2.75, 3.05) is 6.54 Å². The van der Waals surface area contributed by atoms with E-state index in [1.54, 1.807) is 26.0 Å². The Balaban J connectivity index is 1.82. The fourth-order valence-corrected chi connectivity index (χ4v) is 3.40. The lowest BCUT2D eigenvalue weighted by Crippen LogP contribution is -2.43. The van der Waals surface area contributed by atoms with Crippen LogP contribution >= 0.6 is 0 Å². The molecule has 0 saturated carbocycles. The highest BCUT2D eigenvalue weighted by molar-refractivity contribution is 7.89. The van der Waals surface area contributed by atoms with Crippen molar-refractivity contribution in [3.05, 3.63) is 53.6 Å². The molecule has 0 saturated heterocycles. The summed E-state index contributed by atoms with van der Waals surface area (Å²) >= 11 is 0. The number of carbonyl (C=O) groups is 2. The second-order valence-electron chi connectivity index (χ2n) is 5.51. The van der Waals surface area contributed by atoms with Crippen LogP contribution in [0.15, 0.2) is 41.7 Å². The highest BCUT2D eigenvalue weighted by Gasteiger charge is 2.17. The molecule has 0 bridgehead atoms. The molecule has 2 aromatic rings. The predicted molar refractivity (Wildman–Crippen MR) is 93.4 cm³/mol. The monoisotopic (exact) mass is 377 g/mol. The molecule has 1 aromatic heterocycles. The number of nitrogens with zero attached hydrogens (tertiary/aromatic N) is 2. The molecule has 0 aliphatic heterocycles. The minimum absolute atomic E-state index is 0.0448. The summed E-state index contributed by atoms with van der Waals surface area (Å²) in [4.78, 5) is 31.1. The second-order valence-corrected chi connectivity index (χ2v) is 7.25. The molecule has 26 heavy (non-hydrogen) atoms. The van der Waals surface area contributed by atoms with Crippen LogP contribution in [0.25, 0.3) is 0 Å². The Kier molecular flexibility index (Phi) is 6.36. The number of hydrazine groups is 1. The van der Waals surface area contributed by atoms with Gasteiger partial charge in [0.25, 0.3) is 5.91 Å². The number of aromatic nitrogens is 2. The molecule has 0 atom stereocenters. The highest BCUT2D eigenvalue weighted by atomic mass is 32.2. The van der Waals surface area contributed by atoms with Gasteiger partial charge < -0.3 is 0 Å². The molecular weight excluding hydrogens is 358 g/mol. The first-order valence-corrected chi connectivity index (χ1v) is 9.20. The molecule has 0 aliphatic carbocycles. The van der Waals surface area contributed by atoms with E-state index in [0.717, 1.165) is 5.56 Å². The molecule has 138 valence electrons. The van der Waals surface area contributed by atoms with Gasteiger partial charge in [0.2, 0.25) is 15.9 Å². The average Bonchev–Trinajstić information content (AvgIpc) is 2.62. The van der Waals surface area contributed by atoms with Crippen LogP contribution in [0.1, 0.15) is 28.0 Å². The van der Waals surface area contributed by atoms with E-state index in [9.17, 15) is 18.0 Å². The molecule has 1 aromatic carbocycles. The van der Waals surface area contributed by atoms with E-state index in [1.807, 2.05) is 6.07 Å². The minimum Gasteiger partial charge on any atom is -0.273 e. The fourth-order valence-electron chi connectivity index (χ4n) is 2.04. The number of sulfonamides is 1. The Morgan fingerprint density at radius 2 is 1.88 bits per heavy atom. The van der Waals surface area contributed by atoms with Gasteiger partial charge in [-0.05, 0) is 31.0 Å². The van der Waals surface area contributed by atoms with Gasteiger partial charge in [-0.3, -0.25) is 25.4 Å². The van der Waals surface area contributed by atoms with Crippen molar-refractivity contribution < 1.29 is 18.0 Å². The molecule has 0 radical (unpaired) electrons. The van der Waals surface area contributed by atoms with E-state index in [0.29, 0.717) is 5.56 Å². The molecule has 1 heterocycles. The lowest BCUT2D eigenvalue weighted by Gasteiger charge is -2.10. The zero-order chi connectivity index (χ0) is 19.2. The third-order valence-corrected chi connectivity index (χ3v) is 4.99. The molecule has 0 fully saturated rings. The lowest BCUT2D eigenvalue weighted by molar-refractivity contribution is -0.121. The third-order valence-electron chi connectivity index (χ3n) is 3.39. The molecule has 0 unspecified atom stereocenters. The first-order valence-electron chi connectivity index (χ1n) is 7.72. The van der Waals surface area contributed by atoms with Crippen molar-refractivity contribution in [3.8, 4) is 0 Å². The summed E-state index contributed by atoms with van der Waals surface area (Å²) in [5.41, 5.74) is 5.84. The second kappa shape index (κ2) is 8.50. The fraction of sp³-hybridized carbons (Fsp3) is 0.250. The zero-order valence-corrected chi connectivity index (χ0v) is 15.1. The molecule has 2 amide bonds. The van der Waals surface area contributed by atoms with Crippen molar-refractivity contribution in [3.63, 3.8) is 0 Å². The smallest absolute Gasteiger partial charge is 0.273 e. The first-order chi connectivity index (χ1) is 12.3. The van der Waals surface area contributed by atoms with Crippen LogP contribution in [-0.4, -0.2) is 36.7 Å². The summed E-state index contributed by atoms with van der Waals surface area (Å²) in [5.74, 6) is -1.17. The minimum atomic E-state index is -3.72. The third kappa shape index (κ3) is 5.33.